The van der Waals surface area contributed by atoms with Gasteiger partial charge < -0.3 is 4.74 Å². The van der Waals surface area contributed by atoms with Crippen molar-refractivity contribution >= 4 is 27.5 Å². The molecule has 0 aliphatic heterocycles. The molecule has 3 N–H and O–H groups in total. The van der Waals surface area contributed by atoms with Crippen molar-refractivity contribution in [3.63, 3.8) is 0 Å². The summed E-state index contributed by atoms with van der Waals surface area (Å²) in [7, 11) is 1.59. The maximum Gasteiger partial charge on any atom is 0.137 e. The van der Waals surface area contributed by atoms with Crippen LogP contribution < -0.4 is 16.0 Å². The van der Waals surface area contributed by atoms with Crippen LogP contribution in [0.15, 0.2) is 40.9 Å². The molecule has 1 atom stereocenters. The molecule has 2 aromatic rings. The van der Waals surface area contributed by atoms with E-state index >= 15 is 0 Å². The normalized spacial score (nSPS) is 12.2. The molecular formula is C15H16BrClN2O. The lowest BCUT2D eigenvalue weighted by Gasteiger charge is -2.19. The van der Waals surface area contributed by atoms with Gasteiger partial charge in [0.2, 0.25) is 0 Å². The zero-order valence-electron chi connectivity index (χ0n) is 11.3. The Balaban J connectivity index is 2.46. The van der Waals surface area contributed by atoms with Gasteiger partial charge in [-0.25, -0.2) is 5.43 Å². The molecule has 0 amide bonds. The summed E-state index contributed by atoms with van der Waals surface area (Å²) < 4.78 is 6.26. The van der Waals surface area contributed by atoms with E-state index in [2.05, 4.69) is 33.5 Å². The summed E-state index contributed by atoms with van der Waals surface area (Å²) in [5.74, 6) is 6.36. The van der Waals surface area contributed by atoms with Crippen molar-refractivity contribution in [1.29, 1.82) is 0 Å². The number of halogens is 2. The minimum Gasteiger partial charge on any atom is -0.495 e. The van der Waals surface area contributed by atoms with Gasteiger partial charge in [0.1, 0.15) is 5.75 Å². The van der Waals surface area contributed by atoms with Gasteiger partial charge in [-0.1, -0.05) is 45.7 Å². The van der Waals surface area contributed by atoms with E-state index in [0.29, 0.717) is 10.8 Å². The first kappa shape index (κ1) is 15.3. The van der Waals surface area contributed by atoms with Crippen LogP contribution in [-0.4, -0.2) is 7.11 Å². The highest BCUT2D eigenvalue weighted by atomic mass is 79.9. The van der Waals surface area contributed by atoms with Gasteiger partial charge in [-0.15, -0.1) is 0 Å². The van der Waals surface area contributed by atoms with Gasteiger partial charge in [0, 0.05) is 4.47 Å². The maximum absolute atomic E-state index is 6.06. The van der Waals surface area contributed by atoms with Crippen molar-refractivity contribution in [3.8, 4) is 5.75 Å². The first-order chi connectivity index (χ1) is 9.56. The summed E-state index contributed by atoms with van der Waals surface area (Å²) in [6.45, 7) is 2.05. The van der Waals surface area contributed by atoms with Crippen molar-refractivity contribution < 1.29 is 4.74 Å². The number of benzene rings is 2. The highest BCUT2D eigenvalue weighted by Crippen LogP contribution is 2.33. The number of nitrogens with one attached hydrogen (secondary N) is 1. The monoisotopic (exact) mass is 354 g/mol. The Labute approximate surface area is 132 Å². The Morgan fingerprint density at radius 3 is 2.60 bits per heavy atom. The molecule has 0 aliphatic carbocycles. The largest absolute Gasteiger partial charge is 0.495 e. The quantitative estimate of drug-likeness (QED) is 0.644. The predicted octanol–water partition coefficient (Wildman–Crippen LogP) is 3.97. The van der Waals surface area contributed by atoms with Gasteiger partial charge in [-0.05, 0) is 41.8 Å². The molecule has 0 aromatic heterocycles. The van der Waals surface area contributed by atoms with E-state index in [1.54, 1.807) is 7.11 Å². The average Bonchev–Trinajstić information content (AvgIpc) is 2.43. The van der Waals surface area contributed by atoms with E-state index in [-0.39, 0.29) is 6.04 Å². The van der Waals surface area contributed by atoms with Crippen LogP contribution in [0.2, 0.25) is 5.02 Å². The number of hydrogen-bond acceptors (Lipinski definition) is 3. The Bertz CT molecular complexity index is 619. The number of methoxy groups -OCH3 is 1. The molecule has 106 valence electrons. The minimum atomic E-state index is -0.142. The van der Waals surface area contributed by atoms with Crippen LogP contribution in [0.5, 0.6) is 5.75 Å². The summed E-state index contributed by atoms with van der Waals surface area (Å²) >= 11 is 9.64. The number of hydrazine groups is 1. The first-order valence-electron chi connectivity index (χ1n) is 6.12. The Kier molecular flexibility index (Phi) is 5.05. The molecule has 2 rings (SSSR count). The Hall–Kier alpha value is -1.07. The van der Waals surface area contributed by atoms with Gasteiger partial charge in [-0.2, -0.15) is 0 Å². The summed E-state index contributed by atoms with van der Waals surface area (Å²) in [6, 6.07) is 11.6. The lowest BCUT2D eigenvalue weighted by Crippen LogP contribution is -2.29. The summed E-state index contributed by atoms with van der Waals surface area (Å²) in [4.78, 5) is 0. The highest BCUT2D eigenvalue weighted by molar-refractivity contribution is 9.10. The molecule has 0 radical (unpaired) electrons. The molecule has 20 heavy (non-hydrogen) atoms. The fourth-order valence-electron chi connectivity index (χ4n) is 2.09. The maximum atomic E-state index is 6.06. The lowest BCUT2D eigenvalue weighted by molar-refractivity contribution is 0.414. The predicted molar refractivity (Wildman–Crippen MR) is 86.0 cm³/mol. The third-order valence-electron chi connectivity index (χ3n) is 3.14. The molecule has 0 heterocycles. The molecule has 5 heteroatoms. The van der Waals surface area contributed by atoms with Crippen LogP contribution >= 0.6 is 27.5 Å². The van der Waals surface area contributed by atoms with Crippen molar-refractivity contribution in [2.24, 2.45) is 5.84 Å². The minimum absolute atomic E-state index is 0.142. The van der Waals surface area contributed by atoms with Crippen LogP contribution in [0.25, 0.3) is 0 Å². The van der Waals surface area contributed by atoms with E-state index in [4.69, 9.17) is 22.2 Å². The second-order valence-electron chi connectivity index (χ2n) is 4.52. The fourth-order valence-corrected chi connectivity index (χ4v) is 3.00. The topological polar surface area (TPSA) is 47.3 Å². The van der Waals surface area contributed by atoms with E-state index in [1.165, 1.54) is 5.56 Å². The molecule has 2 aromatic carbocycles. The number of aryl methyl sites for hydroxylation is 1. The molecule has 0 bridgehead atoms. The smallest absolute Gasteiger partial charge is 0.137 e. The van der Waals surface area contributed by atoms with Crippen LogP contribution in [0, 0.1) is 6.92 Å². The average molecular weight is 356 g/mol. The molecule has 1 unspecified atom stereocenters. The Morgan fingerprint density at radius 2 is 2.00 bits per heavy atom. The van der Waals surface area contributed by atoms with E-state index in [1.807, 2.05) is 31.2 Å². The standard InChI is InChI=1S/C15H16BrClN2O/c1-9-3-5-11(12(16)7-9)15(19-18)10-4-6-13(17)14(8-10)20-2/h3-8,15,19H,18H2,1-2H3. The Morgan fingerprint density at radius 1 is 1.25 bits per heavy atom. The third-order valence-corrected chi connectivity index (χ3v) is 4.14. The molecular weight excluding hydrogens is 340 g/mol. The number of hydrogen-bond donors (Lipinski definition) is 2. The molecule has 0 spiro atoms. The zero-order valence-corrected chi connectivity index (χ0v) is 13.6. The zero-order chi connectivity index (χ0) is 14.7. The van der Waals surface area contributed by atoms with Crippen LogP contribution in [-0.2, 0) is 0 Å². The lowest BCUT2D eigenvalue weighted by atomic mass is 9.98. The highest BCUT2D eigenvalue weighted by Gasteiger charge is 2.17. The summed E-state index contributed by atoms with van der Waals surface area (Å²) in [5.41, 5.74) is 6.06. The van der Waals surface area contributed by atoms with Crippen LogP contribution in [0.3, 0.4) is 0 Å². The summed E-state index contributed by atoms with van der Waals surface area (Å²) in [5, 5.41) is 0.579. The SMILES string of the molecule is COc1cc(C(NN)c2ccc(C)cc2Br)ccc1Cl. The van der Waals surface area contributed by atoms with Crippen molar-refractivity contribution in [2.45, 2.75) is 13.0 Å². The number of ether oxygens (including phenoxy) is 1. The van der Waals surface area contributed by atoms with Crippen molar-refractivity contribution in [1.82, 2.24) is 5.43 Å². The van der Waals surface area contributed by atoms with Crippen LogP contribution in [0.1, 0.15) is 22.7 Å². The van der Waals surface area contributed by atoms with E-state index < -0.39 is 0 Å². The van der Waals surface area contributed by atoms with Gasteiger partial charge in [-0.3, -0.25) is 5.84 Å². The molecule has 0 saturated carbocycles. The van der Waals surface area contributed by atoms with Crippen molar-refractivity contribution in [2.75, 3.05) is 7.11 Å². The second-order valence-corrected chi connectivity index (χ2v) is 5.78. The van der Waals surface area contributed by atoms with Gasteiger partial charge in [0.15, 0.2) is 0 Å². The van der Waals surface area contributed by atoms with Crippen LogP contribution in [0.4, 0.5) is 0 Å². The van der Waals surface area contributed by atoms with Gasteiger partial charge >= 0.3 is 0 Å². The molecule has 0 aliphatic rings. The van der Waals surface area contributed by atoms with Crippen molar-refractivity contribution in [3.05, 3.63) is 62.6 Å². The van der Waals surface area contributed by atoms with E-state index in [9.17, 15) is 0 Å². The first-order valence-corrected chi connectivity index (χ1v) is 7.29. The number of nitrogens with two attached hydrogens (primary N) is 1. The van der Waals surface area contributed by atoms with E-state index in [0.717, 1.165) is 15.6 Å². The number of rotatable bonds is 4. The summed E-state index contributed by atoms with van der Waals surface area (Å²) in [6.07, 6.45) is 0. The molecule has 0 saturated heterocycles. The second kappa shape index (κ2) is 6.59. The molecule has 3 nitrogen and oxygen atoms in total. The third kappa shape index (κ3) is 3.15. The van der Waals surface area contributed by atoms with Gasteiger partial charge in [0.05, 0.1) is 18.2 Å². The van der Waals surface area contributed by atoms with Gasteiger partial charge in [0.25, 0.3) is 0 Å². The fraction of sp³-hybridized carbons (Fsp3) is 0.200. The molecule has 0 fully saturated rings.